The molecule has 2 nitrogen and oxygen atoms in total. The first kappa shape index (κ1) is 39.6. The minimum absolute atomic E-state index is 0.831. The molecule has 0 aliphatic carbocycles. The van der Waals surface area contributed by atoms with Crippen LogP contribution in [0.25, 0.3) is 23.3 Å². The number of rotatable bonds is 16. The molecule has 52 heavy (non-hydrogen) atoms. The van der Waals surface area contributed by atoms with E-state index < -0.39 is 0 Å². The van der Waals surface area contributed by atoms with E-state index in [0.29, 0.717) is 0 Å². The maximum absolute atomic E-state index is 5.41. The Hall–Kier alpha value is -5.16. The van der Waals surface area contributed by atoms with Crippen LogP contribution in [0.2, 0.25) is 0 Å². The highest BCUT2D eigenvalue weighted by Gasteiger charge is 2.01. The number of ether oxygens (including phenoxy) is 2. The molecule has 4 rings (SSSR count). The van der Waals surface area contributed by atoms with E-state index in [2.05, 4.69) is 184 Å². The summed E-state index contributed by atoms with van der Waals surface area (Å²) in [6, 6.07) is 33.5. The Bertz CT molecular complexity index is 1830. The average Bonchev–Trinajstić information content (AvgIpc) is 3.19. The van der Waals surface area contributed by atoms with Crippen molar-refractivity contribution in [1.82, 2.24) is 0 Å². The van der Waals surface area contributed by atoms with Gasteiger partial charge in [0.25, 0.3) is 0 Å². The van der Waals surface area contributed by atoms with E-state index in [0.717, 1.165) is 44.9 Å². The molecular formula is C48H48O2S2. The molecule has 0 aliphatic heterocycles. The average molecular weight is 721 g/mol. The van der Waals surface area contributed by atoms with E-state index in [4.69, 9.17) is 9.47 Å². The second kappa shape index (κ2) is 21.9. The van der Waals surface area contributed by atoms with Gasteiger partial charge >= 0.3 is 0 Å². The summed E-state index contributed by atoms with van der Waals surface area (Å²) in [6.07, 6.45) is 34.0. The zero-order chi connectivity index (χ0) is 37.0. The van der Waals surface area contributed by atoms with Crippen molar-refractivity contribution in [1.29, 1.82) is 0 Å². The van der Waals surface area contributed by atoms with Gasteiger partial charge in [0.2, 0.25) is 0 Å². The normalized spacial score (nSPS) is 13.4. The van der Waals surface area contributed by atoms with Crippen LogP contribution in [-0.4, -0.2) is 26.7 Å². The summed E-state index contributed by atoms with van der Waals surface area (Å²) in [5.41, 5.74) is 9.06. The maximum atomic E-state index is 5.41. The Balaban J connectivity index is 1.57. The Kier molecular flexibility index (Phi) is 16.7. The van der Waals surface area contributed by atoms with E-state index in [1.165, 1.54) is 20.9 Å². The summed E-state index contributed by atoms with van der Waals surface area (Å²) in [6.45, 7) is 4.23. The molecule has 4 aromatic carbocycles. The van der Waals surface area contributed by atoms with Gasteiger partial charge in [-0.2, -0.15) is 0 Å². The molecule has 0 amide bonds. The lowest BCUT2D eigenvalue weighted by Crippen LogP contribution is -1.85. The Morgan fingerprint density at radius 2 is 0.808 bits per heavy atom. The molecule has 0 aliphatic rings. The van der Waals surface area contributed by atoms with Crippen molar-refractivity contribution >= 4 is 46.8 Å². The number of benzene rings is 4. The molecule has 0 unspecified atom stereocenters. The fourth-order valence-corrected chi connectivity index (χ4v) is 5.80. The Labute approximate surface area is 320 Å². The van der Waals surface area contributed by atoms with Crippen molar-refractivity contribution in [2.75, 3.05) is 26.7 Å². The van der Waals surface area contributed by atoms with Crippen molar-refractivity contribution in [3.8, 4) is 11.5 Å². The van der Waals surface area contributed by atoms with Crippen LogP contribution in [0.15, 0.2) is 191 Å². The van der Waals surface area contributed by atoms with Crippen molar-refractivity contribution < 1.29 is 9.47 Å². The van der Waals surface area contributed by atoms with Gasteiger partial charge in [-0.15, -0.1) is 23.5 Å². The predicted molar refractivity (Wildman–Crippen MR) is 231 cm³/mol. The highest BCUT2D eigenvalue weighted by molar-refractivity contribution is 7.98. The van der Waals surface area contributed by atoms with Crippen molar-refractivity contribution in [3.05, 3.63) is 203 Å². The molecule has 0 heterocycles. The van der Waals surface area contributed by atoms with Gasteiger partial charge in [-0.3, -0.25) is 0 Å². The van der Waals surface area contributed by atoms with E-state index >= 15 is 0 Å². The Morgan fingerprint density at radius 3 is 1.13 bits per heavy atom. The summed E-state index contributed by atoms with van der Waals surface area (Å²) in [4.78, 5) is 2.53. The molecule has 0 atom stereocenters. The monoisotopic (exact) mass is 720 g/mol. The van der Waals surface area contributed by atoms with Gasteiger partial charge in [0.15, 0.2) is 0 Å². The van der Waals surface area contributed by atoms with E-state index in [-0.39, 0.29) is 0 Å². The van der Waals surface area contributed by atoms with Crippen LogP contribution < -0.4 is 9.47 Å². The molecule has 0 fully saturated rings. The van der Waals surface area contributed by atoms with Crippen molar-refractivity contribution in [2.45, 2.75) is 23.6 Å². The molecule has 0 radical (unpaired) electrons. The highest BCUT2D eigenvalue weighted by Crippen LogP contribution is 2.23. The SMILES string of the molecule is COc1ccc(C(=C\C=C\C=C(\C=C\C(C)=C\C=C\c2ccc(SC)cc2)c2ccc(OC)cc2)/C=C/C(C)=C/C=C/c2ccc(SC)cc2)cc1. The fraction of sp³-hybridized carbons (Fsp3) is 0.125. The van der Waals surface area contributed by atoms with Crippen LogP contribution in [0.4, 0.5) is 0 Å². The standard InChI is InChI=1S/C48H48O2S2/c1-37(11-9-13-39-19-33-47(51-5)34-20-39)17-23-41(43-25-29-45(49-3)30-26-43)15-7-8-16-42(44-27-31-46(50-4)32-28-44)24-18-38(2)12-10-14-40-21-35-48(52-6)36-22-40/h7-36H,1-6H3/b8-7+,13-9+,14-10+,23-17+,24-18+,37-11+,38-12+,41-15-,42-16-. The summed E-state index contributed by atoms with van der Waals surface area (Å²) >= 11 is 3.50. The quantitative estimate of drug-likeness (QED) is 0.0847. The molecule has 4 heteroatoms. The summed E-state index contributed by atoms with van der Waals surface area (Å²) in [5, 5.41) is 0. The van der Waals surface area contributed by atoms with Gasteiger partial charge < -0.3 is 9.47 Å². The first-order valence-corrected chi connectivity index (χ1v) is 19.6. The lowest BCUT2D eigenvalue weighted by atomic mass is 10.0. The second-order valence-electron chi connectivity index (χ2n) is 11.8. The molecule has 0 N–H and O–H groups in total. The van der Waals surface area contributed by atoms with Gasteiger partial charge in [-0.1, -0.05) is 145 Å². The maximum Gasteiger partial charge on any atom is 0.118 e. The highest BCUT2D eigenvalue weighted by atomic mass is 32.2. The Morgan fingerprint density at radius 1 is 0.442 bits per heavy atom. The van der Waals surface area contributed by atoms with Gasteiger partial charge in [0.1, 0.15) is 11.5 Å². The molecule has 0 saturated carbocycles. The largest absolute Gasteiger partial charge is 0.497 e. The van der Waals surface area contributed by atoms with E-state index in [1.54, 1.807) is 37.7 Å². The fourth-order valence-electron chi connectivity index (χ4n) is 4.99. The first-order chi connectivity index (χ1) is 25.4. The smallest absolute Gasteiger partial charge is 0.118 e. The third-order valence-corrected chi connectivity index (χ3v) is 9.58. The molecule has 0 aromatic heterocycles. The number of thioether (sulfide) groups is 2. The molecule has 0 bridgehead atoms. The first-order valence-electron chi connectivity index (χ1n) is 17.1. The van der Waals surface area contributed by atoms with Gasteiger partial charge in [0, 0.05) is 9.79 Å². The molecule has 264 valence electrons. The minimum atomic E-state index is 0.831. The van der Waals surface area contributed by atoms with Gasteiger partial charge in [-0.05, 0) is 108 Å². The summed E-state index contributed by atoms with van der Waals surface area (Å²) in [5.74, 6) is 1.66. The van der Waals surface area contributed by atoms with Crippen molar-refractivity contribution in [2.24, 2.45) is 0 Å². The number of hydrogen-bond donors (Lipinski definition) is 0. The third-order valence-electron chi connectivity index (χ3n) is 8.09. The summed E-state index contributed by atoms with van der Waals surface area (Å²) in [7, 11) is 3.38. The lowest BCUT2D eigenvalue weighted by molar-refractivity contribution is 0.414. The second-order valence-corrected chi connectivity index (χ2v) is 13.6. The van der Waals surface area contributed by atoms with Crippen LogP contribution in [0.5, 0.6) is 11.5 Å². The summed E-state index contributed by atoms with van der Waals surface area (Å²) < 4.78 is 10.8. The number of methoxy groups -OCH3 is 2. The molecule has 0 saturated heterocycles. The van der Waals surface area contributed by atoms with Gasteiger partial charge in [-0.25, -0.2) is 0 Å². The predicted octanol–water partition coefficient (Wildman–Crippen LogP) is 13.6. The topological polar surface area (TPSA) is 18.5 Å². The third kappa shape index (κ3) is 13.5. The minimum Gasteiger partial charge on any atom is -0.497 e. The van der Waals surface area contributed by atoms with Crippen LogP contribution in [0.3, 0.4) is 0 Å². The van der Waals surface area contributed by atoms with Crippen LogP contribution >= 0.6 is 23.5 Å². The van der Waals surface area contributed by atoms with Crippen LogP contribution in [-0.2, 0) is 0 Å². The molecule has 4 aromatic rings. The number of allylic oxidation sites excluding steroid dienone is 16. The zero-order valence-corrected chi connectivity index (χ0v) is 32.6. The number of hydrogen-bond acceptors (Lipinski definition) is 4. The van der Waals surface area contributed by atoms with Gasteiger partial charge in [0.05, 0.1) is 14.2 Å². The van der Waals surface area contributed by atoms with E-state index in [1.807, 2.05) is 24.3 Å². The zero-order valence-electron chi connectivity index (χ0n) is 31.0. The molecular weight excluding hydrogens is 673 g/mol. The molecule has 0 spiro atoms. The van der Waals surface area contributed by atoms with E-state index in [9.17, 15) is 0 Å². The van der Waals surface area contributed by atoms with Crippen molar-refractivity contribution in [3.63, 3.8) is 0 Å². The van der Waals surface area contributed by atoms with Crippen LogP contribution in [0, 0.1) is 0 Å². The van der Waals surface area contributed by atoms with Crippen LogP contribution in [0.1, 0.15) is 36.1 Å². The lowest BCUT2D eigenvalue weighted by Gasteiger charge is -2.05.